The zero-order chi connectivity index (χ0) is 22.9. The van der Waals surface area contributed by atoms with Crippen LogP contribution in [-0.4, -0.2) is 70.7 Å². The first-order chi connectivity index (χ1) is 16.0. The molecular weight excluding hydrogens is 418 g/mol. The van der Waals surface area contributed by atoms with Gasteiger partial charge in [0, 0.05) is 45.0 Å². The van der Waals surface area contributed by atoms with Crippen LogP contribution >= 0.6 is 0 Å². The van der Waals surface area contributed by atoms with E-state index in [1.54, 1.807) is 17.2 Å². The molecule has 0 radical (unpaired) electrons. The van der Waals surface area contributed by atoms with Gasteiger partial charge in [0.1, 0.15) is 5.82 Å². The summed E-state index contributed by atoms with van der Waals surface area (Å²) in [5, 5.41) is 2.71. The van der Waals surface area contributed by atoms with Crippen LogP contribution in [0.3, 0.4) is 0 Å². The second kappa shape index (κ2) is 9.24. The number of carbonyl (C=O) groups excluding carboxylic acids is 1. The number of nitrogens with one attached hydrogen (secondary N) is 1. The van der Waals surface area contributed by atoms with Gasteiger partial charge in [0.15, 0.2) is 0 Å². The number of nitrogens with two attached hydrogens (primary N) is 2. The van der Waals surface area contributed by atoms with Gasteiger partial charge in [-0.05, 0) is 67.3 Å². The molecule has 1 aromatic heterocycles. The minimum Gasteiger partial charge on any atom is -0.330 e. The van der Waals surface area contributed by atoms with Gasteiger partial charge in [0.05, 0.1) is 5.69 Å². The van der Waals surface area contributed by atoms with Crippen molar-refractivity contribution in [3.8, 4) is 5.69 Å². The smallest absolute Gasteiger partial charge is 0.330 e. The largest absolute Gasteiger partial charge is 0.354 e. The highest BCUT2D eigenvalue weighted by Crippen LogP contribution is 2.50. The van der Waals surface area contributed by atoms with Crippen molar-refractivity contribution in [1.29, 1.82) is 0 Å². The highest BCUT2D eigenvalue weighted by atomic mass is 16.2. The molecule has 1 saturated carbocycles. The van der Waals surface area contributed by atoms with Crippen molar-refractivity contribution >= 4 is 11.8 Å². The Kier molecular flexibility index (Phi) is 6.18. The molecule has 33 heavy (non-hydrogen) atoms. The fourth-order valence-corrected chi connectivity index (χ4v) is 5.43. The third kappa shape index (κ3) is 4.80. The van der Waals surface area contributed by atoms with E-state index in [0.717, 1.165) is 55.8 Å². The Hall–Kier alpha value is -2.75. The monoisotopic (exact) mass is 451 g/mol. The van der Waals surface area contributed by atoms with Gasteiger partial charge in [-0.3, -0.25) is 9.88 Å². The molecular formula is C24H33N7O2. The Balaban J connectivity index is 1.16. The van der Waals surface area contributed by atoms with E-state index in [1.807, 2.05) is 12.1 Å². The molecule has 3 heterocycles. The number of fused-ring (bicyclic) bond motifs is 1. The fraction of sp³-hybridized carbons (Fsp3) is 0.542. The zero-order valence-corrected chi connectivity index (χ0v) is 18.9. The number of amides is 2. The van der Waals surface area contributed by atoms with E-state index >= 15 is 0 Å². The van der Waals surface area contributed by atoms with Gasteiger partial charge in [0.2, 0.25) is 0 Å². The lowest BCUT2D eigenvalue weighted by Gasteiger charge is -2.30. The van der Waals surface area contributed by atoms with Crippen LogP contribution in [0.25, 0.3) is 5.69 Å². The highest BCUT2D eigenvalue weighted by molar-refractivity contribution is 5.88. The molecule has 2 amide bonds. The number of hydrogen-bond acceptors (Lipinski definition) is 6. The van der Waals surface area contributed by atoms with Crippen LogP contribution in [0.15, 0.2) is 41.3 Å². The standard InChI is InChI=1S/C24H33N7O2/c25-12-19-20-14-29(15-21(19)20)10-7-16-3-5-18(6-4-16)31-11-8-22(28-24(31)33)27-23(32)30-9-1-2-17(26)13-30/h3-6,8,11,17,19-21H,1-2,7,9-10,12-15,25-26H2,(H,27,28,32,33)/t17?,19-,20-,21+. The van der Waals surface area contributed by atoms with Gasteiger partial charge in [-0.15, -0.1) is 0 Å². The Morgan fingerprint density at radius 1 is 1.12 bits per heavy atom. The molecule has 0 spiro atoms. The molecule has 1 unspecified atom stereocenters. The van der Waals surface area contributed by atoms with E-state index in [2.05, 4.69) is 27.3 Å². The number of carbonyl (C=O) groups is 1. The van der Waals surface area contributed by atoms with E-state index in [4.69, 9.17) is 11.5 Å². The molecule has 1 aliphatic carbocycles. The third-order valence-electron chi connectivity index (χ3n) is 7.43. The van der Waals surface area contributed by atoms with Gasteiger partial charge >= 0.3 is 11.7 Å². The molecule has 3 aliphatic rings. The Morgan fingerprint density at radius 2 is 1.88 bits per heavy atom. The molecule has 2 saturated heterocycles. The fourth-order valence-electron chi connectivity index (χ4n) is 5.43. The highest BCUT2D eigenvalue weighted by Gasteiger charge is 2.54. The van der Waals surface area contributed by atoms with E-state index in [1.165, 1.54) is 23.2 Å². The molecule has 9 heteroatoms. The normalized spacial score (nSPS) is 26.8. The summed E-state index contributed by atoms with van der Waals surface area (Å²) >= 11 is 0. The van der Waals surface area contributed by atoms with Crippen molar-refractivity contribution < 1.29 is 4.79 Å². The molecule has 5 rings (SSSR count). The lowest BCUT2D eigenvalue weighted by molar-refractivity contribution is 0.193. The minimum absolute atomic E-state index is 0.00193. The van der Waals surface area contributed by atoms with Crippen molar-refractivity contribution in [3.05, 3.63) is 52.6 Å². The summed E-state index contributed by atoms with van der Waals surface area (Å²) in [4.78, 5) is 33.2. The van der Waals surface area contributed by atoms with Crippen LogP contribution in [0.4, 0.5) is 10.6 Å². The average Bonchev–Trinajstić information content (AvgIpc) is 3.29. The first-order valence-corrected chi connectivity index (χ1v) is 11.9. The third-order valence-corrected chi connectivity index (χ3v) is 7.43. The van der Waals surface area contributed by atoms with Gasteiger partial charge in [-0.25, -0.2) is 9.59 Å². The van der Waals surface area contributed by atoms with Crippen LogP contribution in [0.2, 0.25) is 0 Å². The number of likely N-dealkylation sites (tertiary alicyclic amines) is 2. The summed E-state index contributed by atoms with van der Waals surface area (Å²) in [5.74, 6) is 2.65. The molecule has 2 aromatic rings. The number of piperidine rings is 2. The first kappa shape index (κ1) is 22.1. The van der Waals surface area contributed by atoms with Crippen LogP contribution in [0, 0.1) is 17.8 Å². The number of anilines is 1. The van der Waals surface area contributed by atoms with E-state index < -0.39 is 5.69 Å². The predicted octanol–water partition coefficient (Wildman–Crippen LogP) is 0.867. The van der Waals surface area contributed by atoms with Crippen molar-refractivity contribution in [3.63, 3.8) is 0 Å². The molecule has 2 aliphatic heterocycles. The maximum absolute atomic E-state index is 12.6. The Bertz CT molecular complexity index is 1040. The summed E-state index contributed by atoms with van der Waals surface area (Å²) in [5.41, 5.74) is 13.3. The number of urea groups is 1. The second-order valence-corrected chi connectivity index (χ2v) is 9.65. The van der Waals surface area contributed by atoms with Gasteiger partial charge < -0.3 is 21.3 Å². The van der Waals surface area contributed by atoms with Crippen LogP contribution in [0.1, 0.15) is 18.4 Å². The van der Waals surface area contributed by atoms with E-state index in [0.29, 0.717) is 13.1 Å². The van der Waals surface area contributed by atoms with Crippen LogP contribution < -0.4 is 22.5 Å². The van der Waals surface area contributed by atoms with Crippen LogP contribution in [0.5, 0.6) is 0 Å². The molecule has 5 N–H and O–H groups in total. The van der Waals surface area contributed by atoms with Crippen molar-refractivity contribution in [2.45, 2.75) is 25.3 Å². The maximum Gasteiger partial charge on any atom is 0.354 e. The number of nitrogens with zero attached hydrogens (tertiary/aromatic N) is 4. The molecule has 3 fully saturated rings. The minimum atomic E-state index is -0.429. The second-order valence-electron chi connectivity index (χ2n) is 9.65. The molecule has 176 valence electrons. The summed E-state index contributed by atoms with van der Waals surface area (Å²) in [6, 6.07) is 9.39. The quantitative estimate of drug-likeness (QED) is 0.599. The summed E-state index contributed by atoms with van der Waals surface area (Å²) in [6.07, 6.45) is 4.44. The molecule has 9 nitrogen and oxygen atoms in total. The number of hydrogen-bond donors (Lipinski definition) is 3. The van der Waals surface area contributed by atoms with Crippen molar-refractivity contribution in [1.82, 2.24) is 19.4 Å². The Labute approximate surface area is 193 Å². The van der Waals surface area contributed by atoms with Crippen molar-refractivity contribution in [2.75, 3.05) is 44.6 Å². The molecule has 4 atom stereocenters. The summed E-state index contributed by atoms with van der Waals surface area (Å²) < 4.78 is 1.48. The number of rotatable bonds is 6. The van der Waals surface area contributed by atoms with E-state index in [9.17, 15) is 9.59 Å². The summed E-state index contributed by atoms with van der Waals surface area (Å²) in [6.45, 7) is 5.43. The lowest BCUT2D eigenvalue weighted by atomic mass is 10.1. The topological polar surface area (TPSA) is 123 Å². The predicted molar refractivity (Wildman–Crippen MR) is 127 cm³/mol. The lowest BCUT2D eigenvalue weighted by Crippen LogP contribution is -2.47. The van der Waals surface area contributed by atoms with Gasteiger partial charge in [-0.1, -0.05) is 12.1 Å². The Morgan fingerprint density at radius 3 is 2.55 bits per heavy atom. The maximum atomic E-state index is 12.6. The molecule has 0 bridgehead atoms. The van der Waals surface area contributed by atoms with Gasteiger partial charge in [-0.2, -0.15) is 4.98 Å². The first-order valence-electron chi connectivity index (χ1n) is 11.9. The summed E-state index contributed by atoms with van der Waals surface area (Å²) in [7, 11) is 0. The average molecular weight is 452 g/mol. The van der Waals surface area contributed by atoms with Crippen molar-refractivity contribution in [2.24, 2.45) is 29.2 Å². The van der Waals surface area contributed by atoms with Gasteiger partial charge in [0.25, 0.3) is 0 Å². The number of aromatic nitrogens is 2. The molecule has 1 aromatic carbocycles. The number of benzene rings is 1. The van der Waals surface area contributed by atoms with Crippen LogP contribution in [-0.2, 0) is 6.42 Å². The zero-order valence-electron chi connectivity index (χ0n) is 18.9. The van der Waals surface area contributed by atoms with E-state index in [-0.39, 0.29) is 17.9 Å². The SMILES string of the molecule is NC[C@@H]1[C@H]2CN(CCc3ccc(-n4ccc(NC(=O)N5CCCC(N)C5)nc4=O)cc3)C[C@@H]12.